The van der Waals surface area contributed by atoms with Crippen LogP contribution in [-0.2, 0) is 11.3 Å². The van der Waals surface area contributed by atoms with Gasteiger partial charge in [0.05, 0.1) is 12.2 Å². The van der Waals surface area contributed by atoms with Gasteiger partial charge in [0.15, 0.2) is 0 Å². The number of carboxylic acid groups (broad SMARTS) is 1. The van der Waals surface area contributed by atoms with E-state index in [9.17, 15) is 9.59 Å². The molecule has 1 aromatic rings. The van der Waals surface area contributed by atoms with Crippen molar-refractivity contribution in [2.75, 3.05) is 19.8 Å². The zero-order valence-corrected chi connectivity index (χ0v) is 11.8. The van der Waals surface area contributed by atoms with Crippen LogP contribution in [0.15, 0.2) is 24.3 Å². The molecule has 0 bridgehead atoms. The predicted octanol–water partition coefficient (Wildman–Crippen LogP) is 1.61. The molecule has 0 aliphatic heterocycles. The lowest BCUT2D eigenvalue weighted by Gasteiger charge is -2.08. The van der Waals surface area contributed by atoms with E-state index in [0.717, 1.165) is 18.1 Å². The smallest absolute Gasteiger partial charge is 0.335 e. The maximum Gasteiger partial charge on any atom is 0.335 e. The zero-order chi connectivity index (χ0) is 15.1. The van der Waals surface area contributed by atoms with Gasteiger partial charge >= 0.3 is 12.0 Å². The van der Waals surface area contributed by atoms with Crippen molar-refractivity contribution in [3.8, 4) is 0 Å². The van der Waals surface area contributed by atoms with Gasteiger partial charge in [-0.3, -0.25) is 0 Å². The Morgan fingerprint density at radius 2 is 2.10 bits per heavy atom. The topological polar surface area (TPSA) is 87.7 Å². The van der Waals surface area contributed by atoms with Gasteiger partial charge in [0, 0.05) is 19.7 Å². The van der Waals surface area contributed by atoms with Crippen LogP contribution in [0.5, 0.6) is 0 Å². The number of benzene rings is 1. The van der Waals surface area contributed by atoms with Crippen LogP contribution in [0.25, 0.3) is 0 Å². The third kappa shape index (κ3) is 5.83. The second-order valence-electron chi connectivity index (χ2n) is 5.13. The SMILES string of the molecule is O=C(NCCOCC1CC1)NCc1cccc(C(=O)O)c1. The van der Waals surface area contributed by atoms with Crippen molar-refractivity contribution in [2.45, 2.75) is 19.4 Å². The minimum absolute atomic E-state index is 0.211. The van der Waals surface area contributed by atoms with Gasteiger partial charge in [-0.25, -0.2) is 9.59 Å². The molecule has 1 saturated carbocycles. The van der Waals surface area contributed by atoms with Gasteiger partial charge in [-0.15, -0.1) is 0 Å². The van der Waals surface area contributed by atoms with Crippen molar-refractivity contribution in [2.24, 2.45) is 5.92 Å². The van der Waals surface area contributed by atoms with Gasteiger partial charge in [0.2, 0.25) is 0 Å². The summed E-state index contributed by atoms with van der Waals surface area (Å²) in [4.78, 5) is 22.4. The highest BCUT2D eigenvalue weighted by atomic mass is 16.5. The molecule has 1 aliphatic rings. The minimum atomic E-state index is -0.978. The molecule has 0 radical (unpaired) electrons. The summed E-state index contributed by atoms with van der Waals surface area (Å²) in [6, 6.07) is 6.20. The number of carbonyl (C=O) groups excluding carboxylic acids is 1. The van der Waals surface area contributed by atoms with Crippen molar-refractivity contribution in [1.29, 1.82) is 0 Å². The summed E-state index contributed by atoms with van der Waals surface area (Å²) >= 11 is 0. The Balaban J connectivity index is 1.61. The summed E-state index contributed by atoms with van der Waals surface area (Å²) in [5.41, 5.74) is 0.957. The molecule has 6 nitrogen and oxygen atoms in total. The third-order valence-corrected chi connectivity index (χ3v) is 3.21. The fourth-order valence-corrected chi connectivity index (χ4v) is 1.83. The molecular formula is C15H20N2O4. The summed E-state index contributed by atoms with van der Waals surface area (Å²) in [7, 11) is 0. The number of carboxylic acids is 1. The number of rotatable bonds is 8. The number of hydrogen-bond acceptors (Lipinski definition) is 3. The molecule has 2 rings (SSSR count). The summed E-state index contributed by atoms with van der Waals surface area (Å²) < 4.78 is 5.41. The van der Waals surface area contributed by atoms with E-state index in [1.54, 1.807) is 18.2 Å². The lowest BCUT2D eigenvalue weighted by molar-refractivity contribution is 0.0696. The van der Waals surface area contributed by atoms with Crippen LogP contribution in [0.4, 0.5) is 4.79 Å². The Kier molecular flexibility index (Phi) is 5.57. The van der Waals surface area contributed by atoms with Gasteiger partial charge in [0.1, 0.15) is 0 Å². The maximum absolute atomic E-state index is 11.6. The van der Waals surface area contributed by atoms with Crippen molar-refractivity contribution >= 4 is 12.0 Å². The molecule has 1 aromatic carbocycles. The van der Waals surface area contributed by atoms with Crippen molar-refractivity contribution < 1.29 is 19.4 Å². The monoisotopic (exact) mass is 292 g/mol. The van der Waals surface area contributed by atoms with Crippen LogP contribution >= 0.6 is 0 Å². The second kappa shape index (κ2) is 7.64. The number of hydrogen-bond donors (Lipinski definition) is 3. The number of nitrogens with one attached hydrogen (secondary N) is 2. The second-order valence-corrected chi connectivity index (χ2v) is 5.13. The Morgan fingerprint density at radius 1 is 1.29 bits per heavy atom. The molecule has 0 atom stereocenters. The van der Waals surface area contributed by atoms with E-state index >= 15 is 0 Å². The molecule has 114 valence electrons. The van der Waals surface area contributed by atoms with Crippen molar-refractivity contribution in [3.05, 3.63) is 35.4 Å². The Bertz CT molecular complexity index is 500. The van der Waals surface area contributed by atoms with Crippen LogP contribution in [-0.4, -0.2) is 36.9 Å². The molecule has 2 amide bonds. The van der Waals surface area contributed by atoms with E-state index in [4.69, 9.17) is 9.84 Å². The van der Waals surface area contributed by atoms with Gasteiger partial charge in [-0.1, -0.05) is 12.1 Å². The summed E-state index contributed by atoms with van der Waals surface area (Å²) in [6.45, 7) is 2.05. The van der Waals surface area contributed by atoms with E-state index in [2.05, 4.69) is 10.6 Å². The molecule has 1 aliphatic carbocycles. The highest BCUT2D eigenvalue weighted by Gasteiger charge is 2.20. The van der Waals surface area contributed by atoms with Gasteiger partial charge in [-0.05, 0) is 36.5 Å². The maximum atomic E-state index is 11.6. The van der Waals surface area contributed by atoms with E-state index in [-0.39, 0.29) is 18.1 Å². The Morgan fingerprint density at radius 3 is 2.81 bits per heavy atom. The van der Waals surface area contributed by atoms with Crippen LogP contribution in [0.3, 0.4) is 0 Å². The van der Waals surface area contributed by atoms with E-state index in [0.29, 0.717) is 13.2 Å². The minimum Gasteiger partial charge on any atom is -0.478 e. The number of amides is 2. The first-order valence-corrected chi connectivity index (χ1v) is 7.07. The fourth-order valence-electron chi connectivity index (χ4n) is 1.83. The summed E-state index contributed by atoms with van der Waals surface area (Å²) in [6.07, 6.45) is 2.51. The van der Waals surface area contributed by atoms with Crippen molar-refractivity contribution in [1.82, 2.24) is 10.6 Å². The van der Waals surface area contributed by atoms with Gasteiger partial charge in [0.25, 0.3) is 0 Å². The van der Waals surface area contributed by atoms with E-state index < -0.39 is 5.97 Å². The molecule has 21 heavy (non-hydrogen) atoms. The predicted molar refractivity (Wildman–Crippen MR) is 77.2 cm³/mol. The Hall–Kier alpha value is -2.08. The zero-order valence-electron chi connectivity index (χ0n) is 11.8. The first-order chi connectivity index (χ1) is 10.1. The van der Waals surface area contributed by atoms with Crippen LogP contribution in [0, 0.1) is 5.92 Å². The fraction of sp³-hybridized carbons (Fsp3) is 0.467. The molecule has 0 aromatic heterocycles. The van der Waals surface area contributed by atoms with E-state index in [1.807, 2.05) is 0 Å². The van der Waals surface area contributed by atoms with Gasteiger partial charge in [-0.2, -0.15) is 0 Å². The molecule has 0 heterocycles. The van der Waals surface area contributed by atoms with E-state index in [1.165, 1.54) is 18.9 Å². The number of ether oxygens (including phenoxy) is 1. The molecule has 3 N–H and O–H groups in total. The highest BCUT2D eigenvalue weighted by Crippen LogP contribution is 2.28. The average molecular weight is 292 g/mol. The molecular weight excluding hydrogens is 272 g/mol. The summed E-state index contributed by atoms with van der Waals surface area (Å²) in [5.74, 6) is -0.255. The molecule has 1 fully saturated rings. The largest absolute Gasteiger partial charge is 0.478 e. The normalized spacial score (nSPS) is 13.7. The van der Waals surface area contributed by atoms with Gasteiger partial charge < -0.3 is 20.5 Å². The first-order valence-electron chi connectivity index (χ1n) is 7.07. The molecule has 0 spiro atoms. The van der Waals surface area contributed by atoms with Crippen LogP contribution in [0.1, 0.15) is 28.8 Å². The first kappa shape index (κ1) is 15.3. The lowest BCUT2D eigenvalue weighted by Crippen LogP contribution is -2.37. The molecule has 0 unspecified atom stereocenters. The number of carbonyl (C=O) groups is 2. The highest BCUT2D eigenvalue weighted by molar-refractivity contribution is 5.87. The quantitative estimate of drug-likeness (QED) is 0.635. The molecule has 0 saturated heterocycles. The Labute approximate surface area is 123 Å². The average Bonchev–Trinajstić information content (AvgIpc) is 3.29. The standard InChI is InChI=1S/C15H20N2O4/c18-14(19)13-3-1-2-12(8-13)9-17-15(20)16-6-7-21-10-11-4-5-11/h1-3,8,11H,4-7,9-10H2,(H,18,19)(H2,16,17,20). The lowest BCUT2D eigenvalue weighted by atomic mass is 10.1. The third-order valence-electron chi connectivity index (χ3n) is 3.21. The van der Waals surface area contributed by atoms with Crippen molar-refractivity contribution in [3.63, 3.8) is 0 Å². The van der Waals surface area contributed by atoms with Crippen LogP contribution < -0.4 is 10.6 Å². The van der Waals surface area contributed by atoms with Crippen LogP contribution in [0.2, 0.25) is 0 Å². The number of urea groups is 1. The number of aromatic carboxylic acids is 1. The summed E-state index contributed by atoms with van der Waals surface area (Å²) in [5, 5.41) is 14.3. The molecule has 6 heteroatoms.